The second-order valence-electron chi connectivity index (χ2n) is 5.30. The number of aryl methyl sites for hydroxylation is 1. The number of nitrogens with one attached hydrogen (secondary N) is 1. The van der Waals surface area contributed by atoms with Crippen molar-refractivity contribution < 1.29 is 8.42 Å². The first kappa shape index (κ1) is 15.4. The molecule has 2 rings (SSSR count). The molecule has 0 heterocycles. The Morgan fingerprint density at radius 2 is 1.71 bits per heavy atom. The van der Waals surface area contributed by atoms with Gasteiger partial charge in [-0.15, -0.1) is 0 Å². The second kappa shape index (κ2) is 5.77. The van der Waals surface area contributed by atoms with Crippen molar-refractivity contribution in [3.8, 4) is 0 Å². The van der Waals surface area contributed by atoms with E-state index in [1.807, 2.05) is 13.8 Å². The molecule has 0 aliphatic heterocycles. The zero-order valence-electron chi connectivity index (χ0n) is 12.4. The van der Waals surface area contributed by atoms with E-state index in [1.165, 1.54) is 17.9 Å². The molecule has 0 saturated carbocycles. The lowest BCUT2D eigenvalue weighted by molar-refractivity contribution is 0.602. The highest BCUT2D eigenvalue weighted by Crippen LogP contribution is 2.26. The summed E-state index contributed by atoms with van der Waals surface area (Å²) in [6.07, 6.45) is 1.17. The molecule has 112 valence electrons. The van der Waals surface area contributed by atoms with E-state index in [2.05, 4.69) is 29.6 Å². The average Bonchev–Trinajstić information content (AvgIpc) is 2.40. The Bertz CT molecular complexity index is 737. The van der Waals surface area contributed by atoms with E-state index in [1.54, 1.807) is 12.1 Å². The molecular formula is C16H20N2O2S. The standard InChI is InChI=1S/C16H20N2O2S/c1-11-4-6-13(7-5-11)12(2)18-16-9-8-14(10-15(16)17)21(3,19)20/h4-10,12,18H,17H2,1-3H3. The molecule has 2 aromatic carbocycles. The predicted octanol–water partition coefficient (Wildman–Crippen LogP) is 3.15. The van der Waals surface area contributed by atoms with Gasteiger partial charge >= 0.3 is 0 Å². The number of nitrogens with two attached hydrogens (primary N) is 1. The van der Waals surface area contributed by atoms with Gasteiger partial charge in [-0.05, 0) is 37.6 Å². The molecule has 0 radical (unpaired) electrons. The third-order valence-electron chi connectivity index (χ3n) is 3.40. The van der Waals surface area contributed by atoms with E-state index in [4.69, 9.17) is 5.73 Å². The second-order valence-corrected chi connectivity index (χ2v) is 7.31. The van der Waals surface area contributed by atoms with Crippen LogP contribution in [-0.4, -0.2) is 14.7 Å². The molecule has 0 saturated heterocycles. The van der Waals surface area contributed by atoms with Crippen LogP contribution in [0, 0.1) is 6.92 Å². The fraction of sp³-hybridized carbons (Fsp3) is 0.250. The number of benzene rings is 2. The molecule has 1 unspecified atom stereocenters. The van der Waals surface area contributed by atoms with Crippen molar-refractivity contribution in [2.75, 3.05) is 17.3 Å². The summed E-state index contributed by atoms with van der Waals surface area (Å²) in [5, 5.41) is 3.30. The maximum atomic E-state index is 11.5. The zero-order chi connectivity index (χ0) is 15.6. The molecule has 0 bridgehead atoms. The molecule has 0 spiro atoms. The van der Waals surface area contributed by atoms with Gasteiger partial charge in [-0.1, -0.05) is 29.8 Å². The van der Waals surface area contributed by atoms with Crippen molar-refractivity contribution in [1.29, 1.82) is 0 Å². The van der Waals surface area contributed by atoms with Gasteiger partial charge in [-0.2, -0.15) is 0 Å². The quantitative estimate of drug-likeness (QED) is 0.851. The molecular weight excluding hydrogens is 284 g/mol. The van der Waals surface area contributed by atoms with Crippen LogP contribution in [0.3, 0.4) is 0 Å². The van der Waals surface area contributed by atoms with Gasteiger partial charge in [0.25, 0.3) is 0 Å². The van der Waals surface area contributed by atoms with E-state index >= 15 is 0 Å². The van der Waals surface area contributed by atoms with Gasteiger partial charge in [-0.25, -0.2) is 8.42 Å². The fourth-order valence-electron chi connectivity index (χ4n) is 2.07. The van der Waals surface area contributed by atoms with Gasteiger partial charge < -0.3 is 11.1 Å². The summed E-state index contributed by atoms with van der Waals surface area (Å²) in [6, 6.07) is 13.1. The number of nitrogen functional groups attached to an aromatic ring is 1. The Morgan fingerprint density at radius 1 is 1.10 bits per heavy atom. The highest BCUT2D eigenvalue weighted by Gasteiger charge is 2.11. The third-order valence-corrected chi connectivity index (χ3v) is 4.51. The lowest BCUT2D eigenvalue weighted by Crippen LogP contribution is -2.09. The van der Waals surface area contributed by atoms with Crippen molar-refractivity contribution in [2.24, 2.45) is 0 Å². The number of hydrogen-bond donors (Lipinski definition) is 2. The van der Waals surface area contributed by atoms with Gasteiger partial charge in [0.2, 0.25) is 0 Å². The monoisotopic (exact) mass is 304 g/mol. The van der Waals surface area contributed by atoms with Crippen LogP contribution in [0.2, 0.25) is 0 Å². The molecule has 0 aliphatic carbocycles. The van der Waals surface area contributed by atoms with Crippen molar-refractivity contribution in [2.45, 2.75) is 24.8 Å². The predicted molar refractivity (Wildman–Crippen MR) is 87.2 cm³/mol. The summed E-state index contributed by atoms with van der Waals surface area (Å²) in [7, 11) is -3.24. The van der Waals surface area contributed by atoms with E-state index < -0.39 is 9.84 Å². The van der Waals surface area contributed by atoms with Crippen LogP contribution in [0.5, 0.6) is 0 Å². The lowest BCUT2D eigenvalue weighted by Gasteiger charge is -2.18. The fourth-order valence-corrected chi connectivity index (χ4v) is 2.73. The first-order valence-corrected chi connectivity index (χ1v) is 8.59. The van der Waals surface area contributed by atoms with Gasteiger partial charge in [0.15, 0.2) is 9.84 Å². The third kappa shape index (κ3) is 3.76. The molecule has 21 heavy (non-hydrogen) atoms. The van der Waals surface area contributed by atoms with Crippen LogP contribution >= 0.6 is 0 Å². The molecule has 0 amide bonds. The molecule has 4 nitrogen and oxygen atoms in total. The number of rotatable bonds is 4. The summed E-state index contributed by atoms with van der Waals surface area (Å²) in [5.41, 5.74) is 9.46. The van der Waals surface area contributed by atoms with Crippen LogP contribution in [0.15, 0.2) is 47.4 Å². The van der Waals surface area contributed by atoms with Gasteiger partial charge in [0.1, 0.15) is 0 Å². The summed E-state index contributed by atoms with van der Waals surface area (Å²) in [5.74, 6) is 0. The van der Waals surface area contributed by atoms with Crippen LogP contribution in [0.4, 0.5) is 11.4 Å². The van der Waals surface area contributed by atoms with E-state index in [9.17, 15) is 8.42 Å². The Labute approximate surface area is 125 Å². The van der Waals surface area contributed by atoms with Crippen molar-refractivity contribution in [3.05, 3.63) is 53.6 Å². The minimum atomic E-state index is -3.24. The summed E-state index contributed by atoms with van der Waals surface area (Å²) < 4.78 is 23.0. The maximum absolute atomic E-state index is 11.5. The van der Waals surface area contributed by atoms with Crippen LogP contribution in [0.1, 0.15) is 24.1 Å². The molecule has 0 aliphatic rings. The number of sulfone groups is 1. The number of hydrogen-bond acceptors (Lipinski definition) is 4. The van der Waals surface area contributed by atoms with Crippen molar-refractivity contribution in [3.63, 3.8) is 0 Å². The van der Waals surface area contributed by atoms with Gasteiger partial charge in [0, 0.05) is 12.3 Å². The average molecular weight is 304 g/mol. The first-order chi connectivity index (χ1) is 9.77. The Morgan fingerprint density at radius 3 is 2.24 bits per heavy atom. The van der Waals surface area contributed by atoms with Crippen LogP contribution in [0.25, 0.3) is 0 Å². The van der Waals surface area contributed by atoms with Gasteiger partial charge in [0.05, 0.1) is 16.3 Å². The molecule has 1 atom stereocenters. The van der Waals surface area contributed by atoms with Crippen molar-refractivity contribution >= 4 is 21.2 Å². The summed E-state index contributed by atoms with van der Waals surface area (Å²) in [4.78, 5) is 0.230. The SMILES string of the molecule is Cc1ccc(C(C)Nc2ccc(S(C)(=O)=O)cc2N)cc1. The molecule has 3 N–H and O–H groups in total. The van der Waals surface area contributed by atoms with E-state index in [0.29, 0.717) is 5.69 Å². The normalized spacial score (nSPS) is 12.9. The Hall–Kier alpha value is -2.01. The lowest BCUT2D eigenvalue weighted by atomic mass is 10.1. The number of anilines is 2. The molecule has 0 fully saturated rings. The zero-order valence-corrected chi connectivity index (χ0v) is 13.2. The Balaban J connectivity index is 2.22. The maximum Gasteiger partial charge on any atom is 0.175 e. The largest absolute Gasteiger partial charge is 0.397 e. The first-order valence-electron chi connectivity index (χ1n) is 6.70. The highest BCUT2D eigenvalue weighted by atomic mass is 32.2. The van der Waals surface area contributed by atoms with Crippen LogP contribution in [-0.2, 0) is 9.84 Å². The highest BCUT2D eigenvalue weighted by molar-refractivity contribution is 7.90. The molecule has 0 aromatic heterocycles. The minimum absolute atomic E-state index is 0.0805. The summed E-state index contributed by atoms with van der Waals surface area (Å²) >= 11 is 0. The molecule has 5 heteroatoms. The van der Waals surface area contributed by atoms with Crippen molar-refractivity contribution in [1.82, 2.24) is 0 Å². The Kier molecular flexibility index (Phi) is 4.23. The minimum Gasteiger partial charge on any atom is -0.397 e. The van der Waals surface area contributed by atoms with E-state index in [-0.39, 0.29) is 10.9 Å². The topological polar surface area (TPSA) is 72.2 Å². The van der Waals surface area contributed by atoms with Crippen LogP contribution < -0.4 is 11.1 Å². The van der Waals surface area contributed by atoms with Gasteiger partial charge in [-0.3, -0.25) is 0 Å². The smallest absolute Gasteiger partial charge is 0.175 e. The van der Waals surface area contributed by atoms with E-state index in [0.717, 1.165) is 11.3 Å². The molecule has 2 aromatic rings. The summed E-state index contributed by atoms with van der Waals surface area (Å²) in [6.45, 7) is 4.08.